The highest BCUT2D eigenvalue weighted by molar-refractivity contribution is 9.09. The first-order valence-corrected chi connectivity index (χ1v) is 6.85. The van der Waals surface area contributed by atoms with Gasteiger partial charge in [-0.2, -0.15) is 0 Å². The predicted molar refractivity (Wildman–Crippen MR) is 66.1 cm³/mol. The Balaban J connectivity index is 2.09. The number of alkyl halides is 1. The maximum atomic E-state index is 5.58. The van der Waals surface area contributed by atoms with Crippen molar-refractivity contribution in [3.63, 3.8) is 0 Å². The molecule has 0 N–H and O–H groups in total. The molecule has 1 aliphatic heterocycles. The Morgan fingerprint density at radius 3 is 2.93 bits per heavy atom. The van der Waals surface area contributed by atoms with E-state index >= 15 is 0 Å². The molecule has 2 rings (SSSR count). The molecule has 0 spiro atoms. The van der Waals surface area contributed by atoms with Crippen molar-refractivity contribution >= 4 is 27.3 Å². The van der Waals surface area contributed by atoms with Crippen LogP contribution < -0.4 is 4.74 Å². The van der Waals surface area contributed by atoms with Gasteiger partial charge in [0.2, 0.25) is 0 Å². The summed E-state index contributed by atoms with van der Waals surface area (Å²) in [6.07, 6.45) is 1.49. The summed E-state index contributed by atoms with van der Waals surface area (Å²) in [5.74, 6) is 0.577. The van der Waals surface area contributed by atoms with Crippen LogP contribution in [-0.2, 0) is 4.74 Å². The van der Waals surface area contributed by atoms with Crippen LogP contribution in [-0.4, -0.2) is 19.8 Å². The summed E-state index contributed by atoms with van der Waals surface area (Å²) in [7, 11) is 1.71. The van der Waals surface area contributed by atoms with Crippen molar-refractivity contribution in [2.75, 3.05) is 13.7 Å². The van der Waals surface area contributed by atoms with Crippen molar-refractivity contribution in [1.29, 1.82) is 0 Å². The molecular weight excluding hydrogens is 276 g/mol. The van der Waals surface area contributed by atoms with E-state index in [0.29, 0.717) is 16.8 Å². The second-order valence-electron chi connectivity index (χ2n) is 3.79. The van der Waals surface area contributed by atoms with Crippen LogP contribution in [0.1, 0.15) is 23.0 Å². The van der Waals surface area contributed by atoms with E-state index in [1.54, 1.807) is 18.4 Å². The van der Waals surface area contributed by atoms with Gasteiger partial charge >= 0.3 is 0 Å². The maximum absolute atomic E-state index is 5.58. The standard InChI is InChI=1S/C11H15BrO2S/c1-7-8(5-6-14-7)11(12)9-3-4-10(13-2)15-9/h3-4,7-8,11H,5-6H2,1-2H3. The molecule has 4 heteroatoms. The molecule has 0 saturated carbocycles. The average Bonchev–Trinajstić information content (AvgIpc) is 2.84. The molecule has 3 unspecified atom stereocenters. The Hall–Kier alpha value is -0.0600. The third-order valence-electron chi connectivity index (χ3n) is 2.89. The molecular formula is C11H15BrO2S. The first kappa shape index (κ1) is 11.4. The Bertz CT molecular complexity index is 326. The van der Waals surface area contributed by atoms with Gasteiger partial charge in [0.15, 0.2) is 5.06 Å². The van der Waals surface area contributed by atoms with E-state index in [1.165, 1.54) is 4.88 Å². The molecule has 0 amide bonds. The molecule has 2 nitrogen and oxygen atoms in total. The SMILES string of the molecule is COc1ccc(C(Br)C2CCOC2C)s1. The Morgan fingerprint density at radius 2 is 2.40 bits per heavy atom. The van der Waals surface area contributed by atoms with Gasteiger partial charge < -0.3 is 9.47 Å². The van der Waals surface area contributed by atoms with E-state index in [0.717, 1.165) is 18.1 Å². The van der Waals surface area contributed by atoms with Crippen LogP contribution in [0.25, 0.3) is 0 Å². The van der Waals surface area contributed by atoms with Gasteiger partial charge in [-0.25, -0.2) is 0 Å². The molecule has 0 aromatic carbocycles. The minimum absolute atomic E-state index is 0.350. The lowest BCUT2D eigenvalue weighted by atomic mass is 9.98. The summed E-state index contributed by atoms with van der Waals surface area (Å²) in [5, 5.41) is 0.973. The Labute approximate surface area is 103 Å². The maximum Gasteiger partial charge on any atom is 0.173 e. The van der Waals surface area contributed by atoms with Crippen LogP contribution in [0, 0.1) is 5.92 Å². The van der Waals surface area contributed by atoms with E-state index in [9.17, 15) is 0 Å². The van der Waals surface area contributed by atoms with Crippen LogP contribution in [0.15, 0.2) is 12.1 Å². The van der Waals surface area contributed by atoms with Crippen molar-refractivity contribution in [3.8, 4) is 5.06 Å². The third kappa shape index (κ3) is 2.37. The van der Waals surface area contributed by atoms with Crippen molar-refractivity contribution in [2.24, 2.45) is 5.92 Å². The number of ether oxygens (including phenoxy) is 2. The number of hydrogen-bond donors (Lipinski definition) is 0. The highest BCUT2D eigenvalue weighted by atomic mass is 79.9. The molecule has 0 radical (unpaired) electrons. The summed E-state index contributed by atoms with van der Waals surface area (Å²) < 4.78 is 10.8. The van der Waals surface area contributed by atoms with E-state index in [-0.39, 0.29) is 0 Å². The van der Waals surface area contributed by atoms with Gasteiger partial charge in [-0.15, -0.1) is 11.3 Å². The van der Waals surface area contributed by atoms with Gasteiger partial charge in [-0.1, -0.05) is 15.9 Å². The molecule has 1 fully saturated rings. The molecule has 0 bridgehead atoms. The van der Waals surface area contributed by atoms with Crippen LogP contribution in [0.5, 0.6) is 5.06 Å². The Morgan fingerprint density at radius 1 is 1.60 bits per heavy atom. The average molecular weight is 291 g/mol. The smallest absolute Gasteiger partial charge is 0.173 e. The molecule has 1 aliphatic rings. The van der Waals surface area contributed by atoms with Crippen molar-refractivity contribution in [3.05, 3.63) is 17.0 Å². The molecule has 84 valence electrons. The van der Waals surface area contributed by atoms with Crippen molar-refractivity contribution in [2.45, 2.75) is 24.3 Å². The lowest BCUT2D eigenvalue weighted by Gasteiger charge is -2.19. The zero-order chi connectivity index (χ0) is 10.8. The highest BCUT2D eigenvalue weighted by Gasteiger charge is 2.32. The monoisotopic (exact) mass is 290 g/mol. The van der Waals surface area contributed by atoms with E-state index in [1.807, 2.05) is 6.07 Å². The number of hydrogen-bond acceptors (Lipinski definition) is 3. The van der Waals surface area contributed by atoms with Crippen molar-refractivity contribution < 1.29 is 9.47 Å². The summed E-state index contributed by atoms with van der Waals surface area (Å²) in [4.78, 5) is 1.72. The summed E-state index contributed by atoms with van der Waals surface area (Å²) in [5.41, 5.74) is 0. The molecule has 0 aliphatic carbocycles. The summed E-state index contributed by atoms with van der Waals surface area (Å²) >= 11 is 5.48. The molecule has 15 heavy (non-hydrogen) atoms. The van der Waals surface area contributed by atoms with Gasteiger partial charge in [0, 0.05) is 17.4 Å². The van der Waals surface area contributed by atoms with Crippen LogP contribution in [0.2, 0.25) is 0 Å². The lowest BCUT2D eigenvalue weighted by Crippen LogP contribution is -2.15. The molecule has 3 atom stereocenters. The molecule has 1 saturated heterocycles. The van der Waals surface area contributed by atoms with E-state index in [4.69, 9.17) is 9.47 Å². The second-order valence-corrected chi connectivity index (χ2v) is 5.86. The molecule has 2 heterocycles. The largest absolute Gasteiger partial charge is 0.487 e. The fraction of sp³-hybridized carbons (Fsp3) is 0.636. The lowest BCUT2D eigenvalue weighted by molar-refractivity contribution is 0.106. The van der Waals surface area contributed by atoms with Gasteiger partial charge in [0.05, 0.1) is 18.0 Å². The first-order valence-electron chi connectivity index (χ1n) is 5.11. The van der Waals surface area contributed by atoms with Gasteiger partial charge in [-0.3, -0.25) is 0 Å². The zero-order valence-electron chi connectivity index (χ0n) is 8.90. The topological polar surface area (TPSA) is 18.5 Å². The second kappa shape index (κ2) is 4.85. The zero-order valence-corrected chi connectivity index (χ0v) is 11.3. The fourth-order valence-corrected chi connectivity index (χ4v) is 3.94. The minimum atomic E-state index is 0.350. The molecule has 1 aromatic heterocycles. The van der Waals surface area contributed by atoms with Gasteiger partial charge in [0.1, 0.15) is 0 Å². The summed E-state index contributed by atoms with van der Waals surface area (Å²) in [6, 6.07) is 4.16. The number of methoxy groups -OCH3 is 1. The minimum Gasteiger partial charge on any atom is -0.487 e. The fourth-order valence-electron chi connectivity index (χ4n) is 1.94. The van der Waals surface area contributed by atoms with Gasteiger partial charge in [0.25, 0.3) is 0 Å². The normalized spacial score (nSPS) is 27.9. The number of rotatable bonds is 3. The number of thiophene rings is 1. The Kier molecular flexibility index (Phi) is 3.69. The molecule has 1 aromatic rings. The number of halogens is 1. The van der Waals surface area contributed by atoms with E-state index in [2.05, 4.69) is 28.9 Å². The van der Waals surface area contributed by atoms with Crippen molar-refractivity contribution in [1.82, 2.24) is 0 Å². The quantitative estimate of drug-likeness (QED) is 0.792. The van der Waals surface area contributed by atoms with Gasteiger partial charge in [-0.05, 0) is 25.5 Å². The third-order valence-corrected chi connectivity index (χ3v) is 5.49. The van der Waals surface area contributed by atoms with Crippen LogP contribution >= 0.6 is 27.3 Å². The summed E-state index contributed by atoms with van der Waals surface area (Å²) in [6.45, 7) is 3.03. The first-order chi connectivity index (χ1) is 7.22. The van der Waals surface area contributed by atoms with Crippen LogP contribution in [0.4, 0.5) is 0 Å². The predicted octanol–water partition coefficient (Wildman–Crippen LogP) is 3.62. The van der Waals surface area contributed by atoms with E-state index < -0.39 is 0 Å². The highest BCUT2D eigenvalue weighted by Crippen LogP contribution is 2.43. The van der Waals surface area contributed by atoms with Crippen LogP contribution in [0.3, 0.4) is 0 Å².